The molecule has 1 fully saturated rings. The molecule has 0 amide bonds. The molecule has 0 heterocycles. The highest BCUT2D eigenvalue weighted by Crippen LogP contribution is 2.31. The molecule has 1 saturated carbocycles. The summed E-state index contributed by atoms with van der Waals surface area (Å²) in [5.41, 5.74) is 2.55. The minimum absolute atomic E-state index is 0.394. The molecule has 2 heteroatoms. The molecule has 0 aromatic heterocycles. The number of fused-ring (bicyclic) bond motifs is 1. The first kappa shape index (κ1) is 10.3. The van der Waals surface area contributed by atoms with Crippen LogP contribution in [0.15, 0.2) is 24.3 Å². The zero-order valence-corrected chi connectivity index (χ0v) is 9.58. The first-order valence-corrected chi connectivity index (χ1v) is 6.28. The number of rotatable bonds is 3. The zero-order chi connectivity index (χ0) is 11.0. The minimum Gasteiger partial charge on any atom is -0.389 e. The summed E-state index contributed by atoms with van der Waals surface area (Å²) in [5, 5.41) is 13.5. The lowest BCUT2D eigenvalue weighted by atomic mass is 9.80. The highest BCUT2D eigenvalue weighted by molar-refractivity contribution is 5.33. The maximum atomic E-state index is 10.0. The average Bonchev–Trinajstić information content (AvgIpc) is 2.66. The quantitative estimate of drug-likeness (QED) is 0.807. The predicted molar refractivity (Wildman–Crippen MR) is 64.4 cm³/mol. The Bertz CT molecular complexity index is 359. The molecule has 0 spiro atoms. The first-order valence-electron chi connectivity index (χ1n) is 6.28. The van der Waals surface area contributed by atoms with Crippen LogP contribution >= 0.6 is 0 Å². The largest absolute Gasteiger partial charge is 0.389 e. The predicted octanol–water partition coefficient (Wildman–Crippen LogP) is 1.66. The van der Waals surface area contributed by atoms with Crippen LogP contribution in [0.1, 0.15) is 30.4 Å². The van der Waals surface area contributed by atoms with E-state index in [1.165, 1.54) is 17.5 Å². The maximum absolute atomic E-state index is 10.0. The van der Waals surface area contributed by atoms with Gasteiger partial charge in [-0.05, 0) is 43.2 Å². The van der Waals surface area contributed by atoms with Crippen LogP contribution < -0.4 is 5.32 Å². The fourth-order valence-electron chi connectivity index (χ4n) is 2.80. The second kappa shape index (κ2) is 3.86. The minimum atomic E-state index is -0.394. The molecule has 86 valence electrons. The third-order valence-electron chi connectivity index (χ3n) is 4.06. The number of aliphatic hydroxyl groups is 1. The van der Waals surface area contributed by atoms with Crippen molar-refractivity contribution in [3.63, 3.8) is 0 Å². The number of hydrogen-bond acceptors (Lipinski definition) is 2. The molecule has 2 nitrogen and oxygen atoms in total. The molecule has 1 aromatic carbocycles. The smallest absolute Gasteiger partial charge is 0.0771 e. The van der Waals surface area contributed by atoms with Crippen LogP contribution in [0, 0.1) is 0 Å². The van der Waals surface area contributed by atoms with E-state index in [2.05, 4.69) is 29.6 Å². The Labute approximate surface area is 96.7 Å². The van der Waals surface area contributed by atoms with Gasteiger partial charge in [0, 0.05) is 12.6 Å². The van der Waals surface area contributed by atoms with E-state index in [4.69, 9.17) is 0 Å². The van der Waals surface area contributed by atoms with E-state index in [1.807, 2.05) is 0 Å². The molecule has 0 aliphatic heterocycles. The molecular weight excluding hydrogens is 198 g/mol. The Morgan fingerprint density at radius 3 is 2.31 bits per heavy atom. The van der Waals surface area contributed by atoms with Gasteiger partial charge >= 0.3 is 0 Å². The number of benzene rings is 1. The molecule has 0 unspecified atom stereocenters. The van der Waals surface area contributed by atoms with Crippen molar-refractivity contribution in [2.45, 2.75) is 43.7 Å². The fraction of sp³-hybridized carbons (Fsp3) is 0.571. The van der Waals surface area contributed by atoms with Gasteiger partial charge in [0.1, 0.15) is 0 Å². The summed E-state index contributed by atoms with van der Waals surface area (Å²) >= 11 is 0. The summed E-state index contributed by atoms with van der Waals surface area (Å²) in [5.74, 6) is 0. The van der Waals surface area contributed by atoms with E-state index in [9.17, 15) is 5.11 Å². The summed E-state index contributed by atoms with van der Waals surface area (Å²) in [6.45, 7) is 0.769. The van der Waals surface area contributed by atoms with Crippen molar-refractivity contribution in [2.75, 3.05) is 6.54 Å². The van der Waals surface area contributed by atoms with Crippen LogP contribution in [0.4, 0.5) is 0 Å². The molecule has 16 heavy (non-hydrogen) atoms. The van der Waals surface area contributed by atoms with Crippen LogP contribution in [0.3, 0.4) is 0 Å². The Kier molecular flexibility index (Phi) is 2.49. The van der Waals surface area contributed by atoms with Crippen LogP contribution in [-0.4, -0.2) is 23.3 Å². The normalized spacial score (nSPS) is 22.8. The molecular formula is C14H19NO. The van der Waals surface area contributed by atoms with Crippen molar-refractivity contribution in [3.8, 4) is 0 Å². The van der Waals surface area contributed by atoms with E-state index in [-0.39, 0.29) is 0 Å². The molecule has 2 aliphatic rings. The maximum Gasteiger partial charge on any atom is 0.0771 e. The van der Waals surface area contributed by atoms with E-state index >= 15 is 0 Å². The van der Waals surface area contributed by atoms with Gasteiger partial charge < -0.3 is 10.4 Å². The van der Waals surface area contributed by atoms with Crippen molar-refractivity contribution in [3.05, 3.63) is 35.4 Å². The highest BCUT2D eigenvalue weighted by Gasteiger charge is 2.35. The van der Waals surface area contributed by atoms with Gasteiger partial charge in [-0.15, -0.1) is 0 Å². The zero-order valence-electron chi connectivity index (χ0n) is 9.58. The van der Waals surface area contributed by atoms with Gasteiger partial charge in [-0.2, -0.15) is 0 Å². The third-order valence-corrected chi connectivity index (χ3v) is 4.06. The molecule has 0 atom stereocenters. The number of hydrogen-bond donors (Lipinski definition) is 2. The van der Waals surface area contributed by atoms with Crippen molar-refractivity contribution in [1.29, 1.82) is 0 Å². The molecule has 0 radical (unpaired) electrons. The standard InChI is InChI=1S/C14H19NO/c16-14(6-3-7-14)10-15-13-8-11-4-1-2-5-12(11)9-13/h1-2,4-5,13,15-16H,3,6-10H2. The Balaban J connectivity index is 1.56. The summed E-state index contributed by atoms with van der Waals surface area (Å²) < 4.78 is 0. The molecule has 2 aliphatic carbocycles. The summed E-state index contributed by atoms with van der Waals surface area (Å²) in [7, 11) is 0. The van der Waals surface area contributed by atoms with Crippen LogP contribution in [0.5, 0.6) is 0 Å². The highest BCUT2D eigenvalue weighted by atomic mass is 16.3. The van der Waals surface area contributed by atoms with E-state index < -0.39 is 5.60 Å². The van der Waals surface area contributed by atoms with Crippen molar-refractivity contribution >= 4 is 0 Å². The summed E-state index contributed by atoms with van der Waals surface area (Å²) in [4.78, 5) is 0. The van der Waals surface area contributed by atoms with Gasteiger partial charge in [0.2, 0.25) is 0 Å². The molecule has 1 aromatic rings. The topological polar surface area (TPSA) is 32.3 Å². The lowest BCUT2D eigenvalue weighted by Crippen LogP contribution is -2.49. The van der Waals surface area contributed by atoms with Gasteiger partial charge in [0.25, 0.3) is 0 Å². The fourth-order valence-corrected chi connectivity index (χ4v) is 2.80. The van der Waals surface area contributed by atoms with Crippen molar-refractivity contribution in [1.82, 2.24) is 5.32 Å². The van der Waals surface area contributed by atoms with Gasteiger partial charge in [0.05, 0.1) is 5.60 Å². The van der Waals surface area contributed by atoms with Gasteiger partial charge in [-0.1, -0.05) is 24.3 Å². The second-order valence-corrected chi connectivity index (χ2v) is 5.33. The van der Waals surface area contributed by atoms with Crippen molar-refractivity contribution in [2.24, 2.45) is 0 Å². The first-order chi connectivity index (χ1) is 7.75. The van der Waals surface area contributed by atoms with Gasteiger partial charge in [-0.25, -0.2) is 0 Å². The number of nitrogens with one attached hydrogen (secondary N) is 1. The Morgan fingerprint density at radius 1 is 1.19 bits per heavy atom. The summed E-state index contributed by atoms with van der Waals surface area (Å²) in [6, 6.07) is 9.19. The van der Waals surface area contributed by atoms with Crippen molar-refractivity contribution < 1.29 is 5.11 Å². The second-order valence-electron chi connectivity index (χ2n) is 5.33. The lowest BCUT2D eigenvalue weighted by Gasteiger charge is -2.37. The average molecular weight is 217 g/mol. The van der Waals surface area contributed by atoms with E-state index in [1.54, 1.807) is 0 Å². The van der Waals surface area contributed by atoms with Gasteiger partial charge in [-0.3, -0.25) is 0 Å². The molecule has 0 saturated heterocycles. The van der Waals surface area contributed by atoms with Gasteiger partial charge in [0.15, 0.2) is 0 Å². The summed E-state index contributed by atoms with van der Waals surface area (Å²) in [6.07, 6.45) is 5.36. The monoisotopic (exact) mass is 217 g/mol. The molecule has 2 N–H and O–H groups in total. The van der Waals surface area contributed by atoms with Crippen LogP contribution in [0.25, 0.3) is 0 Å². The van der Waals surface area contributed by atoms with E-state index in [0.29, 0.717) is 6.04 Å². The van der Waals surface area contributed by atoms with Crippen LogP contribution in [0.2, 0.25) is 0 Å². The van der Waals surface area contributed by atoms with Crippen LogP contribution in [-0.2, 0) is 12.8 Å². The molecule has 0 bridgehead atoms. The van der Waals surface area contributed by atoms with E-state index in [0.717, 1.165) is 32.2 Å². The third kappa shape index (κ3) is 1.87. The Hall–Kier alpha value is -0.860. The molecule has 3 rings (SSSR count). The Morgan fingerprint density at radius 2 is 1.81 bits per heavy atom. The SMILES string of the molecule is OC1(CNC2Cc3ccccc3C2)CCC1. The lowest BCUT2D eigenvalue weighted by molar-refractivity contribution is -0.0330.